The minimum atomic E-state index is -1.14. The van der Waals surface area contributed by atoms with Gasteiger partial charge in [0.15, 0.2) is 0 Å². The first kappa shape index (κ1) is 43.6. The molecule has 0 unspecified atom stereocenters. The minimum absolute atomic E-state index is 0.0730. The van der Waals surface area contributed by atoms with Gasteiger partial charge in [0.05, 0.1) is 24.4 Å². The molecule has 0 spiro atoms. The van der Waals surface area contributed by atoms with Gasteiger partial charge in [0.1, 0.15) is 18.1 Å². The molecule has 0 bridgehead atoms. The summed E-state index contributed by atoms with van der Waals surface area (Å²) in [5.41, 5.74) is 2.88. The van der Waals surface area contributed by atoms with Crippen molar-refractivity contribution in [2.75, 3.05) is 39.5 Å². The molecule has 0 radical (unpaired) electrons. The van der Waals surface area contributed by atoms with Crippen LogP contribution < -0.4 is 21.3 Å². The van der Waals surface area contributed by atoms with Gasteiger partial charge >= 0.3 is 0 Å². The predicted molar refractivity (Wildman–Crippen MR) is 219 cm³/mol. The van der Waals surface area contributed by atoms with E-state index in [1.165, 1.54) is 35.7 Å². The molecule has 3 aromatic carbocycles. The van der Waals surface area contributed by atoms with Crippen molar-refractivity contribution in [3.05, 3.63) is 108 Å². The molecule has 1 aliphatic heterocycles. The number of carbonyl (C=O) groups excluding carboxylic acids is 6. The number of likely N-dealkylation sites (N-methyl/N-ethyl adjacent to an activating group) is 2. The van der Waals surface area contributed by atoms with Crippen molar-refractivity contribution < 1.29 is 28.8 Å². The molecule has 0 aromatic heterocycles. The molecule has 12 nitrogen and oxygen atoms in total. The van der Waals surface area contributed by atoms with Gasteiger partial charge in [-0.2, -0.15) is 0 Å². The summed E-state index contributed by atoms with van der Waals surface area (Å²) in [6.45, 7) is 4.50. The predicted octanol–water partition coefficient (Wildman–Crippen LogP) is 3.84. The minimum Gasteiger partial charge on any atom is -0.345 e. The quantitative estimate of drug-likeness (QED) is 0.161. The van der Waals surface area contributed by atoms with Crippen LogP contribution in [0, 0.1) is 5.92 Å². The van der Waals surface area contributed by atoms with Crippen molar-refractivity contribution in [1.29, 1.82) is 0 Å². The Labute approximate surface area is 334 Å². The van der Waals surface area contributed by atoms with Crippen LogP contribution in [0.2, 0.25) is 0 Å². The van der Waals surface area contributed by atoms with Crippen molar-refractivity contribution in [1.82, 2.24) is 31.1 Å². The number of benzene rings is 3. The zero-order chi connectivity index (χ0) is 40.7. The number of nitrogens with one attached hydrogen (secondary N) is 4. The van der Waals surface area contributed by atoms with Crippen molar-refractivity contribution >= 4 is 47.2 Å². The van der Waals surface area contributed by atoms with Gasteiger partial charge in [0.25, 0.3) is 0 Å². The molecule has 4 rings (SSSR count). The van der Waals surface area contributed by atoms with E-state index in [1.807, 2.05) is 97.9 Å². The SMILES string of the molecule is CCCCC[C@H](C)[C@@H]1NC(=O)CN(C)C(=O)[C@H](CC)NC(=O)CNC(=O)[C@H](CSC(c2ccccc2)(c2ccccc2)c2ccccc2)NC(=O)CN(C)C1=O. The smallest absolute Gasteiger partial charge is 0.245 e. The lowest BCUT2D eigenvalue weighted by Crippen LogP contribution is -2.57. The van der Waals surface area contributed by atoms with Crippen molar-refractivity contribution in [3.63, 3.8) is 0 Å². The maximum Gasteiger partial charge on any atom is 0.245 e. The fraction of sp³-hybridized carbons (Fsp3) is 0.442. The summed E-state index contributed by atoms with van der Waals surface area (Å²) in [7, 11) is 2.94. The zero-order valence-electron chi connectivity index (χ0n) is 33.1. The van der Waals surface area contributed by atoms with Gasteiger partial charge in [0, 0.05) is 19.8 Å². The van der Waals surface area contributed by atoms with Gasteiger partial charge in [-0.05, 0) is 35.4 Å². The van der Waals surface area contributed by atoms with Crippen LogP contribution in [0.1, 0.15) is 69.6 Å². The Balaban J connectivity index is 1.71. The van der Waals surface area contributed by atoms with Crippen molar-refractivity contribution in [3.8, 4) is 0 Å². The molecule has 56 heavy (non-hydrogen) atoms. The second-order valence-electron chi connectivity index (χ2n) is 14.4. The molecular weight excluding hydrogens is 729 g/mol. The molecular formula is C43H56N6O6S. The number of nitrogens with zero attached hydrogens (tertiary/aromatic N) is 2. The molecule has 1 saturated heterocycles. The van der Waals surface area contributed by atoms with Gasteiger partial charge in [-0.15, -0.1) is 11.8 Å². The summed E-state index contributed by atoms with van der Waals surface area (Å²) in [6, 6.07) is 26.7. The fourth-order valence-corrected chi connectivity index (χ4v) is 8.47. The number of thioether (sulfide) groups is 1. The molecule has 13 heteroatoms. The van der Waals surface area contributed by atoms with Crippen LogP contribution in [-0.2, 0) is 33.5 Å². The standard InChI is InChI=1S/C43H56N6O6S/c1-6-8-12-19-30(3)39-42(55)49(5)27-37(51)46-35(40(53)44-26-36(50)45-34(7-2)41(54)48(4)28-38(52)47-39)29-56-43(31-20-13-9-14-21-31,32-22-15-10-16-23-32)33-24-17-11-18-25-33/h9-11,13-18,20-25,30,34-35,39H,6-8,12,19,26-29H2,1-5H3,(H,44,53)(H,45,50)(H,46,51)(H,47,52)/t30-,34-,35-,39-/m0/s1. The Hall–Kier alpha value is -5.17. The first-order valence-corrected chi connectivity index (χ1v) is 20.4. The van der Waals surface area contributed by atoms with E-state index in [9.17, 15) is 28.8 Å². The highest BCUT2D eigenvalue weighted by Gasteiger charge is 2.39. The highest BCUT2D eigenvalue weighted by Crippen LogP contribution is 2.48. The van der Waals surface area contributed by atoms with Gasteiger partial charge in [0.2, 0.25) is 35.4 Å². The van der Waals surface area contributed by atoms with E-state index in [2.05, 4.69) is 28.2 Å². The Morgan fingerprint density at radius 1 is 0.661 bits per heavy atom. The molecule has 0 saturated carbocycles. The third kappa shape index (κ3) is 11.4. The number of carbonyl (C=O) groups is 6. The van der Waals surface area contributed by atoms with E-state index < -0.39 is 64.9 Å². The number of hydrogen-bond donors (Lipinski definition) is 4. The van der Waals surface area contributed by atoms with Crippen LogP contribution in [0.25, 0.3) is 0 Å². The zero-order valence-corrected chi connectivity index (χ0v) is 33.9. The number of rotatable bonds is 12. The molecule has 4 atom stereocenters. The molecule has 1 heterocycles. The van der Waals surface area contributed by atoms with Gasteiger partial charge in [-0.25, -0.2) is 0 Å². The van der Waals surface area contributed by atoms with E-state index in [0.29, 0.717) is 6.42 Å². The third-order valence-corrected chi connectivity index (χ3v) is 11.7. The summed E-state index contributed by atoms with van der Waals surface area (Å²) < 4.78 is -0.814. The Morgan fingerprint density at radius 3 is 1.64 bits per heavy atom. The lowest BCUT2D eigenvalue weighted by Gasteiger charge is -2.36. The van der Waals surface area contributed by atoms with Gasteiger partial charge < -0.3 is 31.1 Å². The van der Waals surface area contributed by atoms with Crippen LogP contribution in [-0.4, -0.2) is 103 Å². The maximum atomic E-state index is 14.0. The normalized spacial score (nSPS) is 20.3. The Morgan fingerprint density at radius 2 is 1.14 bits per heavy atom. The van der Waals surface area contributed by atoms with Crippen molar-refractivity contribution in [2.45, 2.75) is 75.7 Å². The van der Waals surface area contributed by atoms with E-state index >= 15 is 0 Å². The average Bonchev–Trinajstić information content (AvgIpc) is 3.21. The lowest BCUT2D eigenvalue weighted by molar-refractivity contribution is -0.142. The van der Waals surface area contributed by atoms with E-state index in [1.54, 1.807) is 6.92 Å². The van der Waals surface area contributed by atoms with Crippen LogP contribution >= 0.6 is 11.8 Å². The molecule has 1 aliphatic rings. The summed E-state index contributed by atoms with van der Waals surface area (Å²) in [5, 5.41) is 11.0. The molecule has 4 N–H and O–H groups in total. The number of hydrogen-bond acceptors (Lipinski definition) is 7. The summed E-state index contributed by atoms with van der Waals surface area (Å²) in [5.74, 6) is -3.47. The highest BCUT2D eigenvalue weighted by atomic mass is 32.2. The largest absolute Gasteiger partial charge is 0.345 e. The van der Waals surface area contributed by atoms with E-state index in [4.69, 9.17) is 0 Å². The fourth-order valence-electron chi connectivity index (χ4n) is 6.91. The molecule has 1 fully saturated rings. The third-order valence-electron chi connectivity index (χ3n) is 10.1. The van der Waals surface area contributed by atoms with Crippen LogP contribution in [0.4, 0.5) is 0 Å². The number of amides is 6. The summed E-state index contributed by atoms with van der Waals surface area (Å²) in [6.07, 6.45) is 3.69. The first-order valence-electron chi connectivity index (χ1n) is 19.4. The Kier molecular flexibility index (Phi) is 16.5. The van der Waals surface area contributed by atoms with Crippen LogP contribution in [0.5, 0.6) is 0 Å². The second-order valence-corrected chi connectivity index (χ2v) is 15.6. The topological polar surface area (TPSA) is 157 Å². The average molecular weight is 785 g/mol. The summed E-state index contributed by atoms with van der Waals surface area (Å²) >= 11 is 1.46. The first-order chi connectivity index (χ1) is 26.9. The monoisotopic (exact) mass is 784 g/mol. The molecule has 0 aliphatic carbocycles. The maximum absolute atomic E-state index is 14.0. The van der Waals surface area contributed by atoms with Crippen LogP contribution in [0.15, 0.2) is 91.0 Å². The van der Waals surface area contributed by atoms with E-state index in [-0.39, 0.29) is 31.2 Å². The summed E-state index contributed by atoms with van der Waals surface area (Å²) in [4.78, 5) is 84.1. The van der Waals surface area contributed by atoms with Crippen molar-refractivity contribution in [2.24, 2.45) is 5.92 Å². The van der Waals surface area contributed by atoms with E-state index in [0.717, 1.165) is 36.0 Å². The molecule has 6 amide bonds. The van der Waals surface area contributed by atoms with Gasteiger partial charge in [-0.1, -0.05) is 131 Å². The van der Waals surface area contributed by atoms with Crippen LogP contribution in [0.3, 0.4) is 0 Å². The second kappa shape index (κ2) is 21.2. The lowest BCUT2D eigenvalue weighted by atomic mass is 9.84. The molecule has 300 valence electrons. The number of unbranched alkanes of at least 4 members (excludes halogenated alkanes) is 2. The highest BCUT2D eigenvalue weighted by molar-refractivity contribution is 8.00. The molecule has 3 aromatic rings. The van der Waals surface area contributed by atoms with Gasteiger partial charge in [-0.3, -0.25) is 28.8 Å². The Bertz CT molecular complexity index is 1680.